The lowest BCUT2D eigenvalue weighted by atomic mass is 10.0. The van der Waals surface area contributed by atoms with Gasteiger partial charge in [-0.1, -0.05) is 6.07 Å². The van der Waals surface area contributed by atoms with Crippen molar-refractivity contribution in [3.05, 3.63) is 35.1 Å². The van der Waals surface area contributed by atoms with Crippen molar-refractivity contribution in [2.24, 2.45) is 0 Å². The second-order valence-electron chi connectivity index (χ2n) is 5.85. The number of morpholine rings is 1. The number of amides is 1. The number of aliphatic hydroxyl groups excluding tert-OH is 1. The second kappa shape index (κ2) is 5.50. The van der Waals surface area contributed by atoms with E-state index in [4.69, 9.17) is 4.74 Å². The molecular weight excluding hydrogens is 261 g/mol. The van der Waals surface area contributed by atoms with Crippen LogP contribution in [0.4, 0.5) is 4.39 Å². The van der Waals surface area contributed by atoms with Gasteiger partial charge in [0.05, 0.1) is 23.9 Å². The van der Waals surface area contributed by atoms with Crippen LogP contribution in [0, 0.1) is 12.7 Å². The van der Waals surface area contributed by atoms with Crippen molar-refractivity contribution in [2.45, 2.75) is 32.5 Å². The molecule has 0 radical (unpaired) electrons. The number of aryl methyl sites for hydroxylation is 1. The van der Waals surface area contributed by atoms with Crippen LogP contribution in [-0.4, -0.2) is 47.3 Å². The number of carbonyl (C=O) groups excluding carboxylic acids is 1. The molecule has 1 N–H and O–H groups in total. The molecule has 0 bridgehead atoms. The van der Waals surface area contributed by atoms with Crippen LogP contribution in [0.25, 0.3) is 0 Å². The third kappa shape index (κ3) is 3.16. The SMILES string of the molecule is Cc1ccc(C(=O)N2CC(CO)OC(C)(C)C2)c(F)c1. The molecule has 1 aromatic rings. The summed E-state index contributed by atoms with van der Waals surface area (Å²) in [7, 11) is 0. The molecule has 20 heavy (non-hydrogen) atoms. The highest BCUT2D eigenvalue weighted by Gasteiger charge is 2.36. The Morgan fingerprint density at radius 1 is 1.55 bits per heavy atom. The second-order valence-corrected chi connectivity index (χ2v) is 5.85. The van der Waals surface area contributed by atoms with Crippen molar-refractivity contribution < 1.29 is 19.0 Å². The zero-order chi connectivity index (χ0) is 14.9. The van der Waals surface area contributed by atoms with E-state index in [2.05, 4.69) is 0 Å². The van der Waals surface area contributed by atoms with Crippen molar-refractivity contribution in [1.29, 1.82) is 0 Å². The number of benzene rings is 1. The van der Waals surface area contributed by atoms with Crippen LogP contribution >= 0.6 is 0 Å². The lowest BCUT2D eigenvalue weighted by Crippen LogP contribution is -2.55. The number of aliphatic hydroxyl groups is 1. The van der Waals surface area contributed by atoms with Gasteiger partial charge in [-0.2, -0.15) is 0 Å². The van der Waals surface area contributed by atoms with Gasteiger partial charge in [-0.3, -0.25) is 4.79 Å². The van der Waals surface area contributed by atoms with Crippen molar-refractivity contribution in [2.75, 3.05) is 19.7 Å². The molecule has 1 aliphatic heterocycles. The summed E-state index contributed by atoms with van der Waals surface area (Å²) in [6, 6.07) is 4.57. The van der Waals surface area contributed by atoms with Crippen LogP contribution in [0.3, 0.4) is 0 Å². The summed E-state index contributed by atoms with van der Waals surface area (Å²) in [5.74, 6) is -0.878. The number of hydrogen-bond donors (Lipinski definition) is 1. The Hall–Kier alpha value is -1.46. The average molecular weight is 281 g/mol. The Morgan fingerprint density at radius 2 is 2.25 bits per heavy atom. The van der Waals surface area contributed by atoms with Gasteiger partial charge in [0, 0.05) is 13.1 Å². The van der Waals surface area contributed by atoms with Gasteiger partial charge in [-0.05, 0) is 38.5 Å². The number of halogens is 1. The predicted octanol–water partition coefficient (Wildman–Crippen LogP) is 1.75. The molecule has 2 rings (SSSR count). The monoisotopic (exact) mass is 281 g/mol. The maximum absolute atomic E-state index is 13.9. The number of carbonyl (C=O) groups is 1. The third-order valence-electron chi connectivity index (χ3n) is 3.33. The highest BCUT2D eigenvalue weighted by molar-refractivity contribution is 5.94. The van der Waals surface area contributed by atoms with Crippen LogP contribution in [0.5, 0.6) is 0 Å². The van der Waals surface area contributed by atoms with Crippen molar-refractivity contribution in [3.63, 3.8) is 0 Å². The first-order valence-electron chi connectivity index (χ1n) is 6.66. The summed E-state index contributed by atoms with van der Waals surface area (Å²) >= 11 is 0. The normalized spacial score (nSPS) is 21.9. The Morgan fingerprint density at radius 3 is 2.85 bits per heavy atom. The standard InChI is InChI=1S/C15H20FNO3/c1-10-4-5-12(13(16)6-10)14(19)17-7-11(8-18)20-15(2,3)9-17/h4-6,11,18H,7-9H2,1-3H3. The van der Waals surface area contributed by atoms with Crippen molar-refractivity contribution >= 4 is 5.91 Å². The number of rotatable bonds is 2. The Kier molecular flexibility index (Phi) is 4.11. The number of nitrogens with zero attached hydrogens (tertiary/aromatic N) is 1. The number of hydrogen-bond acceptors (Lipinski definition) is 3. The molecule has 5 heteroatoms. The van der Waals surface area contributed by atoms with Gasteiger partial charge in [0.25, 0.3) is 5.91 Å². The van der Waals surface area contributed by atoms with Crippen molar-refractivity contribution in [3.8, 4) is 0 Å². The molecule has 0 spiro atoms. The minimum Gasteiger partial charge on any atom is -0.394 e. The van der Waals surface area contributed by atoms with E-state index >= 15 is 0 Å². The highest BCUT2D eigenvalue weighted by Crippen LogP contribution is 2.23. The molecule has 0 saturated carbocycles. The van der Waals surface area contributed by atoms with Gasteiger partial charge in [0.2, 0.25) is 0 Å². The smallest absolute Gasteiger partial charge is 0.257 e. The minimum atomic E-state index is -0.553. The largest absolute Gasteiger partial charge is 0.394 e. The highest BCUT2D eigenvalue weighted by atomic mass is 19.1. The first kappa shape index (κ1) is 14.9. The van der Waals surface area contributed by atoms with Crippen LogP contribution in [-0.2, 0) is 4.74 Å². The molecular formula is C15H20FNO3. The summed E-state index contributed by atoms with van der Waals surface area (Å²) in [5.41, 5.74) is 0.280. The minimum absolute atomic E-state index is 0.0602. The Labute approximate surface area is 118 Å². The summed E-state index contributed by atoms with van der Waals surface area (Å²) in [6.07, 6.45) is -0.434. The maximum atomic E-state index is 13.9. The summed E-state index contributed by atoms with van der Waals surface area (Å²) < 4.78 is 19.6. The molecule has 1 saturated heterocycles. The van der Waals surface area contributed by atoms with E-state index in [1.54, 1.807) is 13.0 Å². The van der Waals surface area contributed by atoms with Crippen LogP contribution in [0.2, 0.25) is 0 Å². The van der Waals surface area contributed by atoms with Gasteiger partial charge in [0.1, 0.15) is 5.82 Å². The average Bonchev–Trinajstić information content (AvgIpc) is 2.36. The Balaban J connectivity index is 2.23. The summed E-state index contributed by atoms with van der Waals surface area (Å²) in [5, 5.41) is 9.25. The van der Waals surface area contributed by atoms with E-state index in [1.165, 1.54) is 17.0 Å². The van der Waals surface area contributed by atoms with Gasteiger partial charge in [-0.25, -0.2) is 4.39 Å². The van der Waals surface area contributed by atoms with E-state index < -0.39 is 17.5 Å². The van der Waals surface area contributed by atoms with Crippen LogP contribution in [0.1, 0.15) is 29.8 Å². The Bertz CT molecular complexity index is 516. The lowest BCUT2D eigenvalue weighted by molar-refractivity contribution is -0.139. The zero-order valence-electron chi connectivity index (χ0n) is 12.0. The predicted molar refractivity (Wildman–Crippen MR) is 73.1 cm³/mol. The van der Waals surface area contributed by atoms with E-state index in [0.717, 1.165) is 5.56 Å². The quantitative estimate of drug-likeness (QED) is 0.898. The first-order chi connectivity index (χ1) is 9.32. The van der Waals surface area contributed by atoms with Crippen LogP contribution in [0.15, 0.2) is 18.2 Å². The molecule has 0 aromatic heterocycles. The molecule has 1 atom stereocenters. The van der Waals surface area contributed by atoms with Gasteiger partial charge in [0.15, 0.2) is 0 Å². The summed E-state index contributed by atoms with van der Waals surface area (Å²) in [6.45, 7) is 5.95. The van der Waals surface area contributed by atoms with E-state index in [0.29, 0.717) is 6.54 Å². The first-order valence-corrected chi connectivity index (χ1v) is 6.66. The van der Waals surface area contributed by atoms with Crippen molar-refractivity contribution in [1.82, 2.24) is 4.90 Å². The summed E-state index contributed by atoms with van der Waals surface area (Å²) in [4.78, 5) is 14.0. The lowest BCUT2D eigenvalue weighted by Gasteiger charge is -2.42. The fourth-order valence-corrected chi connectivity index (χ4v) is 2.51. The fraction of sp³-hybridized carbons (Fsp3) is 0.533. The molecule has 1 unspecified atom stereocenters. The van der Waals surface area contributed by atoms with E-state index in [1.807, 2.05) is 13.8 Å². The molecule has 1 fully saturated rings. The molecule has 0 aliphatic carbocycles. The fourth-order valence-electron chi connectivity index (χ4n) is 2.51. The topological polar surface area (TPSA) is 49.8 Å². The van der Waals surface area contributed by atoms with Gasteiger partial charge in [-0.15, -0.1) is 0 Å². The third-order valence-corrected chi connectivity index (χ3v) is 3.33. The van der Waals surface area contributed by atoms with Gasteiger partial charge >= 0.3 is 0 Å². The molecule has 1 aromatic carbocycles. The number of ether oxygens (including phenoxy) is 1. The van der Waals surface area contributed by atoms with Crippen LogP contribution < -0.4 is 0 Å². The van der Waals surface area contributed by atoms with E-state index in [-0.39, 0.29) is 24.6 Å². The molecule has 1 amide bonds. The molecule has 1 aliphatic rings. The maximum Gasteiger partial charge on any atom is 0.257 e. The zero-order valence-corrected chi connectivity index (χ0v) is 12.0. The molecule has 1 heterocycles. The van der Waals surface area contributed by atoms with Gasteiger partial charge < -0.3 is 14.7 Å². The molecule has 110 valence electrons. The molecule has 4 nitrogen and oxygen atoms in total. The van der Waals surface area contributed by atoms with E-state index in [9.17, 15) is 14.3 Å².